The Bertz CT molecular complexity index is 936. The third-order valence-electron chi connectivity index (χ3n) is 4.58. The SMILES string of the molecule is O=C(Nc1cccc(CN2CCCC2=O)c1)c1cc(C(F)(F)F)cc(C(F)(F)F)c1. The average molecular weight is 430 g/mol. The number of amides is 2. The lowest BCUT2D eigenvalue weighted by Crippen LogP contribution is -2.23. The van der Waals surface area contributed by atoms with Crippen molar-refractivity contribution in [2.75, 3.05) is 11.9 Å². The molecule has 4 nitrogen and oxygen atoms in total. The van der Waals surface area contributed by atoms with Gasteiger partial charge in [0.25, 0.3) is 5.91 Å². The van der Waals surface area contributed by atoms with E-state index in [2.05, 4.69) is 5.32 Å². The van der Waals surface area contributed by atoms with Crippen LogP contribution in [0.15, 0.2) is 42.5 Å². The van der Waals surface area contributed by atoms with Gasteiger partial charge in [-0.3, -0.25) is 9.59 Å². The molecule has 1 saturated heterocycles. The van der Waals surface area contributed by atoms with Gasteiger partial charge in [0.1, 0.15) is 0 Å². The molecule has 0 spiro atoms. The Labute approximate surface area is 167 Å². The number of hydrogen-bond acceptors (Lipinski definition) is 2. The Morgan fingerprint density at radius 1 is 0.967 bits per heavy atom. The minimum absolute atomic E-state index is 0.00640. The zero-order chi connectivity index (χ0) is 22.1. The molecule has 1 heterocycles. The summed E-state index contributed by atoms with van der Waals surface area (Å²) >= 11 is 0. The summed E-state index contributed by atoms with van der Waals surface area (Å²) in [7, 11) is 0. The molecule has 2 aromatic carbocycles. The highest BCUT2D eigenvalue weighted by molar-refractivity contribution is 6.04. The summed E-state index contributed by atoms with van der Waals surface area (Å²) in [6.45, 7) is 0.893. The molecule has 1 fully saturated rings. The van der Waals surface area contributed by atoms with Crippen LogP contribution in [0, 0.1) is 0 Å². The number of alkyl halides is 6. The lowest BCUT2D eigenvalue weighted by molar-refractivity contribution is -0.143. The molecule has 0 unspecified atom stereocenters. The van der Waals surface area contributed by atoms with Gasteiger partial charge in [0.05, 0.1) is 11.1 Å². The second-order valence-corrected chi connectivity index (χ2v) is 6.87. The Kier molecular flexibility index (Phi) is 5.78. The standard InChI is InChI=1S/C20H16F6N2O2/c21-19(22,23)14-8-13(9-15(10-14)20(24,25)26)18(30)27-16-4-1-3-12(7-16)11-28-6-2-5-17(28)29/h1,3-4,7-10H,2,5-6,11H2,(H,27,30). The van der Waals surface area contributed by atoms with E-state index in [0.29, 0.717) is 37.2 Å². The topological polar surface area (TPSA) is 49.4 Å². The lowest BCUT2D eigenvalue weighted by Gasteiger charge is -2.16. The molecule has 0 aliphatic carbocycles. The lowest BCUT2D eigenvalue weighted by atomic mass is 10.0. The van der Waals surface area contributed by atoms with E-state index in [1.807, 2.05) is 0 Å². The van der Waals surface area contributed by atoms with Crippen LogP contribution in [0.1, 0.15) is 39.9 Å². The number of carbonyl (C=O) groups is 2. The maximum atomic E-state index is 13.0. The van der Waals surface area contributed by atoms with E-state index in [0.717, 1.165) is 6.42 Å². The minimum Gasteiger partial charge on any atom is -0.338 e. The van der Waals surface area contributed by atoms with Crippen LogP contribution in [0.5, 0.6) is 0 Å². The third kappa shape index (κ3) is 5.11. The smallest absolute Gasteiger partial charge is 0.338 e. The molecule has 160 valence electrons. The van der Waals surface area contributed by atoms with Crippen molar-refractivity contribution in [2.45, 2.75) is 31.7 Å². The fraction of sp³-hybridized carbons (Fsp3) is 0.300. The first-order valence-corrected chi connectivity index (χ1v) is 8.91. The molecule has 0 atom stereocenters. The van der Waals surface area contributed by atoms with Crippen molar-refractivity contribution in [1.82, 2.24) is 4.90 Å². The van der Waals surface area contributed by atoms with Crippen LogP contribution in [-0.2, 0) is 23.7 Å². The predicted octanol–water partition coefficient (Wildman–Crippen LogP) is 5.10. The monoisotopic (exact) mass is 430 g/mol. The second-order valence-electron chi connectivity index (χ2n) is 6.87. The van der Waals surface area contributed by atoms with E-state index in [1.54, 1.807) is 17.0 Å². The molecular formula is C20H16F6N2O2. The van der Waals surface area contributed by atoms with Crippen molar-refractivity contribution in [3.63, 3.8) is 0 Å². The Morgan fingerprint density at radius 3 is 2.13 bits per heavy atom. The summed E-state index contributed by atoms with van der Waals surface area (Å²) < 4.78 is 77.8. The Hall–Kier alpha value is -3.04. The molecule has 1 aliphatic heterocycles. The summed E-state index contributed by atoms with van der Waals surface area (Å²) in [6.07, 6.45) is -8.89. The minimum atomic E-state index is -5.04. The van der Waals surface area contributed by atoms with Crippen LogP contribution in [0.25, 0.3) is 0 Å². The Balaban J connectivity index is 1.83. The molecule has 0 aromatic heterocycles. The maximum absolute atomic E-state index is 13.0. The van der Waals surface area contributed by atoms with Gasteiger partial charge in [-0.2, -0.15) is 26.3 Å². The number of nitrogens with one attached hydrogen (secondary N) is 1. The summed E-state index contributed by atoms with van der Waals surface area (Å²) in [4.78, 5) is 25.7. The average Bonchev–Trinajstić information content (AvgIpc) is 3.05. The van der Waals surface area contributed by atoms with Crippen LogP contribution < -0.4 is 5.32 Å². The molecule has 0 radical (unpaired) electrons. The number of rotatable bonds is 4. The van der Waals surface area contributed by atoms with Gasteiger partial charge in [-0.05, 0) is 42.3 Å². The molecule has 2 amide bonds. The first kappa shape index (κ1) is 21.7. The number of anilines is 1. The van der Waals surface area contributed by atoms with E-state index < -0.39 is 35.0 Å². The number of halogens is 6. The normalized spacial score (nSPS) is 14.9. The van der Waals surface area contributed by atoms with Crippen LogP contribution >= 0.6 is 0 Å². The van der Waals surface area contributed by atoms with E-state index in [4.69, 9.17) is 0 Å². The van der Waals surface area contributed by atoms with Crippen molar-refractivity contribution < 1.29 is 35.9 Å². The maximum Gasteiger partial charge on any atom is 0.416 e. The van der Waals surface area contributed by atoms with E-state index in [9.17, 15) is 35.9 Å². The van der Waals surface area contributed by atoms with Crippen LogP contribution in [0.2, 0.25) is 0 Å². The van der Waals surface area contributed by atoms with Gasteiger partial charge in [-0.25, -0.2) is 0 Å². The number of nitrogens with zero attached hydrogens (tertiary/aromatic N) is 1. The highest BCUT2D eigenvalue weighted by atomic mass is 19.4. The highest BCUT2D eigenvalue weighted by Crippen LogP contribution is 2.36. The van der Waals surface area contributed by atoms with Crippen LogP contribution in [-0.4, -0.2) is 23.3 Å². The van der Waals surface area contributed by atoms with Gasteiger partial charge in [-0.15, -0.1) is 0 Å². The number of hydrogen-bond donors (Lipinski definition) is 1. The molecule has 3 rings (SSSR count). The summed E-state index contributed by atoms with van der Waals surface area (Å²) in [6, 6.07) is 6.94. The van der Waals surface area contributed by atoms with Crippen molar-refractivity contribution in [1.29, 1.82) is 0 Å². The van der Waals surface area contributed by atoms with Gasteiger partial charge >= 0.3 is 12.4 Å². The number of benzene rings is 2. The van der Waals surface area contributed by atoms with Crippen molar-refractivity contribution in [2.24, 2.45) is 0 Å². The predicted molar refractivity (Wildman–Crippen MR) is 95.5 cm³/mol. The van der Waals surface area contributed by atoms with E-state index in [-0.39, 0.29) is 17.7 Å². The quantitative estimate of drug-likeness (QED) is 0.687. The highest BCUT2D eigenvalue weighted by Gasteiger charge is 2.37. The number of likely N-dealkylation sites (tertiary alicyclic amines) is 1. The molecule has 0 saturated carbocycles. The molecule has 30 heavy (non-hydrogen) atoms. The molecular weight excluding hydrogens is 414 g/mol. The fourth-order valence-corrected chi connectivity index (χ4v) is 3.13. The fourth-order valence-electron chi connectivity index (χ4n) is 3.13. The van der Waals surface area contributed by atoms with Gasteiger partial charge in [0.2, 0.25) is 5.91 Å². The van der Waals surface area contributed by atoms with E-state index in [1.165, 1.54) is 12.1 Å². The van der Waals surface area contributed by atoms with Gasteiger partial charge in [-0.1, -0.05) is 12.1 Å². The summed E-state index contributed by atoms with van der Waals surface area (Å²) in [5.74, 6) is -1.12. The van der Waals surface area contributed by atoms with Gasteiger partial charge in [0, 0.05) is 30.8 Å². The molecule has 2 aromatic rings. The second kappa shape index (κ2) is 8.00. The van der Waals surface area contributed by atoms with Crippen molar-refractivity contribution in [3.8, 4) is 0 Å². The van der Waals surface area contributed by atoms with Gasteiger partial charge < -0.3 is 10.2 Å². The summed E-state index contributed by atoms with van der Waals surface area (Å²) in [5, 5.41) is 2.31. The van der Waals surface area contributed by atoms with E-state index >= 15 is 0 Å². The first-order chi connectivity index (χ1) is 13.9. The largest absolute Gasteiger partial charge is 0.416 e. The van der Waals surface area contributed by atoms with Crippen LogP contribution in [0.4, 0.5) is 32.0 Å². The van der Waals surface area contributed by atoms with Crippen LogP contribution in [0.3, 0.4) is 0 Å². The first-order valence-electron chi connectivity index (χ1n) is 8.91. The third-order valence-corrected chi connectivity index (χ3v) is 4.58. The Morgan fingerprint density at radius 2 is 1.60 bits per heavy atom. The molecule has 0 bridgehead atoms. The molecule has 1 aliphatic rings. The zero-order valence-corrected chi connectivity index (χ0v) is 15.4. The zero-order valence-electron chi connectivity index (χ0n) is 15.4. The van der Waals surface area contributed by atoms with Crippen molar-refractivity contribution >= 4 is 17.5 Å². The summed E-state index contributed by atoms with van der Waals surface area (Å²) in [5.41, 5.74) is -3.04. The van der Waals surface area contributed by atoms with Crippen molar-refractivity contribution in [3.05, 3.63) is 64.7 Å². The van der Waals surface area contributed by atoms with Gasteiger partial charge in [0.15, 0.2) is 0 Å². The molecule has 1 N–H and O–H groups in total. The number of carbonyl (C=O) groups excluding carboxylic acids is 2. The molecule has 10 heteroatoms.